The number of carbonyl (C=O) groups excluding carboxylic acids is 1. The Balaban J connectivity index is 2.21. The molecule has 1 aliphatic rings. The number of hydrogen-bond donors (Lipinski definition) is 1. The normalized spacial score (nSPS) is 16.2. The van der Waals surface area contributed by atoms with E-state index in [4.69, 9.17) is 4.74 Å². The van der Waals surface area contributed by atoms with Crippen LogP contribution in [0.3, 0.4) is 0 Å². The van der Waals surface area contributed by atoms with Gasteiger partial charge in [-0.3, -0.25) is 4.79 Å². The lowest BCUT2D eigenvalue weighted by atomic mass is 10.1. The molecule has 18 heavy (non-hydrogen) atoms. The van der Waals surface area contributed by atoms with Crippen LogP contribution in [0.15, 0.2) is 22.7 Å². The van der Waals surface area contributed by atoms with Crippen molar-refractivity contribution in [1.29, 1.82) is 0 Å². The smallest absolute Gasteiger partial charge is 0.257 e. The molecule has 1 aromatic carbocycles. The monoisotopic (exact) mass is 312 g/mol. The number of benzene rings is 1. The highest BCUT2D eigenvalue weighted by Crippen LogP contribution is 2.24. The van der Waals surface area contributed by atoms with Crippen molar-refractivity contribution in [2.45, 2.75) is 6.42 Å². The Morgan fingerprint density at radius 2 is 2.22 bits per heavy atom. The van der Waals surface area contributed by atoms with E-state index < -0.39 is 0 Å². The highest BCUT2D eigenvalue weighted by atomic mass is 79.9. The SMILES string of the molecule is COc1cc(Br)ccc1C(=O)N1CCCNCC1. The predicted octanol–water partition coefficient (Wildman–Crippen LogP) is 1.89. The van der Waals surface area contributed by atoms with Gasteiger partial charge in [-0.1, -0.05) is 15.9 Å². The Morgan fingerprint density at radius 1 is 1.39 bits per heavy atom. The third kappa shape index (κ3) is 3.03. The fourth-order valence-electron chi connectivity index (χ4n) is 2.06. The molecule has 2 rings (SSSR count). The molecule has 0 aromatic heterocycles. The topological polar surface area (TPSA) is 41.6 Å². The predicted molar refractivity (Wildman–Crippen MR) is 74.1 cm³/mol. The molecule has 1 aliphatic heterocycles. The number of ether oxygens (including phenoxy) is 1. The van der Waals surface area contributed by atoms with Crippen LogP contribution in [0.1, 0.15) is 16.8 Å². The minimum Gasteiger partial charge on any atom is -0.496 e. The van der Waals surface area contributed by atoms with Gasteiger partial charge in [-0.25, -0.2) is 0 Å². The van der Waals surface area contributed by atoms with Crippen LogP contribution in [-0.2, 0) is 0 Å². The van der Waals surface area contributed by atoms with Crippen LogP contribution in [0.4, 0.5) is 0 Å². The van der Waals surface area contributed by atoms with Crippen molar-refractivity contribution in [3.05, 3.63) is 28.2 Å². The molecule has 0 aliphatic carbocycles. The van der Waals surface area contributed by atoms with Crippen LogP contribution in [0.2, 0.25) is 0 Å². The van der Waals surface area contributed by atoms with Gasteiger partial charge in [0.15, 0.2) is 0 Å². The van der Waals surface area contributed by atoms with Crippen molar-refractivity contribution < 1.29 is 9.53 Å². The summed E-state index contributed by atoms with van der Waals surface area (Å²) in [6.07, 6.45) is 0.991. The quantitative estimate of drug-likeness (QED) is 0.907. The summed E-state index contributed by atoms with van der Waals surface area (Å²) < 4.78 is 6.19. The first-order valence-corrected chi connectivity index (χ1v) is 6.85. The molecule has 0 unspecified atom stereocenters. The van der Waals surface area contributed by atoms with Gasteiger partial charge >= 0.3 is 0 Å². The lowest BCUT2D eigenvalue weighted by molar-refractivity contribution is 0.0763. The maximum Gasteiger partial charge on any atom is 0.257 e. The largest absolute Gasteiger partial charge is 0.496 e. The molecule has 0 saturated carbocycles. The van der Waals surface area contributed by atoms with E-state index in [9.17, 15) is 4.79 Å². The lowest BCUT2D eigenvalue weighted by Crippen LogP contribution is -2.34. The first-order valence-electron chi connectivity index (χ1n) is 6.06. The molecule has 98 valence electrons. The standard InChI is InChI=1S/C13H17BrN2O2/c1-18-12-9-10(14)3-4-11(12)13(17)16-7-2-5-15-6-8-16/h3-4,9,15H,2,5-8H2,1H3. The van der Waals surface area contributed by atoms with Gasteiger partial charge in [0.1, 0.15) is 5.75 Å². The summed E-state index contributed by atoms with van der Waals surface area (Å²) in [4.78, 5) is 14.3. The Labute approximate surface area is 115 Å². The van der Waals surface area contributed by atoms with Crippen LogP contribution in [0.5, 0.6) is 5.75 Å². The van der Waals surface area contributed by atoms with Crippen molar-refractivity contribution in [3.63, 3.8) is 0 Å². The number of amides is 1. The molecule has 0 atom stereocenters. The van der Waals surface area contributed by atoms with E-state index in [1.807, 2.05) is 23.1 Å². The maximum absolute atomic E-state index is 12.4. The van der Waals surface area contributed by atoms with Crippen molar-refractivity contribution >= 4 is 21.8 Å². The Hall–Kier alpha value is -1.07. The van der Waals surface area contributed by atoms with Crippen LogP contribution < -0.4 is 10.1 Å². The fraction of sp³-hybridized carbons (Fsp3) is 0.462. The molecule has 1 N–H and O–H groups in total. The molecule has 1 aromatic rings. The number of nitrogens with one attached hydrogen (secondary N) is 1. The summed E-state index contributed by atoms with van der Waals surface area (Å²) in [5.41, 5.74) is 0.627. The van der Waals surface area contributed by atoms with Crippen LogP contribution >= 0.6 is 15.9 Å². The van der Waals surface area contributed by atoms with Crippen LogP contribution in [0, 0.1) is 0 Å². The third-order valence-corrected chi connectivity index (χ3v) is 3.51. The van der Waals surface area contributed by atoms with Gasteiger partial charge in [0.05, 0.1) is 12.7 Å². The summed E-state index contributed by atoms with van der Waals surface area (Å²) in [6.45, 7) is 3.37. The number of hydrogen-bond acceptors (Lipinski definition) is 3. The van der Waals surface area contributed by atoms with Gasteiger partial charge < -0.3 is 15.0 Å². The van der Waals surface area contributed by atoms with E-state index in [0.29, 0.717) is 11.3 Å². The average molecular weight is 313 g/mol. The highest BCUT2D eigenvalue weighted by molar-refractivity contribution is 9.10. The second-order valence-electron chi connectivity index (χ2n) is 4.24. The number of rotatable bonds is 2. The molecule has 1 saturated heterocycles. The average Bonchev–Trinajstić information content (AvgIpc) is 2.66. The van der Waals surface area contributed by atoms with Crippen LogP contribution in [-0.4, -0.2) is 44.1 Å². The first kappa shape index (κ1) is 13.4. The molecule has 0 radical (unpaired) electrons. The number of methoxy groups -OCH3 is 1. The first-order chi connectivity index (χ1) is 8.72. The third-order valence-electron chi connectivity index (χ3n) is 3.02. The van der Waals surface area contributed by atoms with Crippen molar-refractivity contribution in [2.24, 2.45) is 0 Å². The Kier molecular flexibility index (Phi) is 4.60. The van der Waals surface area contributed by atoms with E-state index in [0.717, 1.165) is 37.1 Å². The zero-order chi connectivity index (χ0) is 13.0. The molecule has 5 heteroatoms. The van der Waals surface area contributed by atoms with Crippen molar-refractivity contribution in [2.75, 3.05) is 33.3 Å². The summed E-state index contributed by atoms with van der Waals surface area (Å²) in [6, 6.07) is 5.50. The zero-order valence-electron chi connectivity index (χ0n) is 10.4. The van der Waals surface area contributed by atoms with E-state index in [-0.39, 0.29) is 5.91 Å². The minimum atomic E-state index is 0.0445. The van der Waals surface area contributed by atoms with Crippen molar-refractivity contribution in [3.8, 4) is 5.75 Å². The lowest BCUT2D eigenvalue weighted by Gasteiger charge is -2.21. The molecule has 1 heterocycles. The van der Waals surface area contributed by atoms with Gasteiger partial charge in [-0.2, -0.15) is 0 Å². The molecule has 1 fully saturated rings. The van der Waals surface area contributed by atoms with Crippen molar-refractivity contribution in [1.82, 2.24) is 10.2 Å². The summed E-state index contributed by atoms with van der Waals surface area (Å²) in [7, 11) is 1.59. The number of carbonyl (C=O) groups is 1. The van der Waals surface area contributed by atoms with Gasteiger partial charge in [0, 0.05) is 24.1 Å². The second-order valence-corrected chi connectivity index (χ2v) is 5.16. The second kappa shape index (κ2) is 6.20. The number of halogens is 1. The molecule has 1 amide bonds. The Morgan fingerprint density at radius 3 is 3.00 bits per heavy atom. The Bertz CT molecular complexity index is 429. The highest BCUT2D eigenvalue weighted by Gasteiger charge is 2.20. The van der Waals surface area contributed by atoms with Crippen LogP contribution in [0.25, 0.3) is 0 Å². The zero-order valence-corrected chi connectivity index (χ0v) is 12.0. The minimum absolute atomic E-state index is 0.0445. The van der Waals surface area contributed by atoms with E-state index in [1.165, 1.54) is 0 Å². The molecular weight excluding hydrogens is 296 g/mol. The molecular formula is C13H17BrN2O2. The molecule has 0 spiro atoms. The van der Waals surface area contributed by atoms with Gasteiger partial charge in [-0.15, -0.1) is 0 Å². The fourth-order valence-corrected chi connectivity index (χ4v) is 2.40. The van der Waals surface area contributed by atoms with Gasteiger partial charge in [0.2, 0.25) is 0 Å². The summed E-state index contributed by atoms with van der Waals surface area (Å²) in [5, 5.41) is 3.29. The van der Waals surface area contributed by atoms with Gasteiger partial charge in [-0.05, 0) is 31.2 Å². The molecule has 0 bridgehead atoms. The van der Waals surface area contributed by atoms with E-state index in [2.05, 4.69) is 21.2 Å². The van der Waals surface area contributed by atoms with Gasteiger partial charge in [0.25, 0.3) is 5.91 Å². The summed E-state index contributed by atoms with van der Waals surface area (Å²) in [5.74, 6) is 0.662. The number of nitrogens with zero attached hydrogens (tertiary/aromatic N) is 1. The molecule has 4 nitrogen and oxygen atoms in total. The maximum atomic E-state index is 12.4. The van der Waals surface area contributed by atoms with E-state index >= 15 is 0 Å². The summed E-state index contributed by atoms with van der Waals surface area (Å²) >= 11 is 3.38. The van der Waals surface area contributed by atoms with E-state index in [1.54, 1.807) is 7.11 Å².